The van der Waals surface area contributed by atoms with Crippen molar-refractivity contribution in [2.24, 2.45) is 10.7 Å². The lowest BCUT2D eigenvalue weighted by molar-refractivity contribution is 0.00794. The number of rotatable bonds is 8. The average Bonchev–Trinajstić information content (AvgIpc) is 2.30. The highest BCUT2D eigenvalue weighted by molar-refractivity contribution is 5.90. The summed E-state index contributed by atoms with van der Waals surface area (Å²) in [6.07, 6.45) is 3.40. The molecule has 0 amide bonds. The van der Waals surface area contributed by atoms with Crippen LogP contribution in [0.5, 0.6) is 0 Å². The third-order valence-electron chi connectivity index (χ3n) is 2.12. The number of aliphatic imine (C=N–C) groups is 1. The SMILES string of the molecule is CC(C)(C)OCC(=CC(CO)N=CCC(=N)N)CO. The molecule has 0 spiro atoms. The van der Waals surface area contributed by atoms with Crippen molar-refractivity contribution in [1.82, 2.24) is 0 Å². The summed E-state index contributed by atoms with van der Waals surface area (Å²) < 4.78 is 5.55. The van der Waals surface area contributed by atoms with E-state index in [1.54, 1.807) is 6.08 Å². The molecule has 5 N–H and O–H groups in total. The summed E-state index contributed by atoms with van der Waals surface area (Å²) in [5, 5.41) is 25.5. The Hall–Kier alpha value is -1.24. The molecule has 0 heterocycles. The van der Waals surface area contributed by atoms with Gasteiger partial charge in [-0.2, -0.15) is 0 Å². The summed E-state index contributed by atoms with van der Waals surface area (Å²) in [4.78, 5) is 4.08. The van der Waals surface area contributed by atoms with Crippen LogP contribution in [-0.2, 0) is 4.74 Å². The van der Waals surface area contributed by atoms with Gasteiger partial charge in [-0.15, -0.1) is 0 Å². The molecule has 0 rings (SSSR count). The number of aliphatic hydroxyl groups excluding tert-OH is 2. The first-order valence-corrected chi connectivity index (χ1v) is 6.18. The zero-order valence-corrected chi connectivity index (χ0v) is 11.9. The smallest absolute Gasteiger partial charge is 0.0959 e. The molecule has 19 heavy (non-hydrogen) atoms. The van der Waals surface area contributed by atoms with Crippen LogP contribution in [0.3, 0.4) is 0 Å². The van der Waals surface area contributed by atoms with Gasteiger partial charge in [-0.1, -0.05) is 6.08 Å². The van der Waals surface area contributed by atoms with Gasteiger partial charge in [-0.3, -0.25) is 10.4 Å². The standard InChI is InChI=1S/C13H25N3O3/c1-13(2,3)19-9-10(7-17)6-11(8-18)16-5-4-12(14)15/h5-6,11,17-18H,4,7-9H2,1-3H3,(H3,14,15). The van der Waals surface area contributed by atoms with E-state index in [2.05, 4.69) is 4.99 Å². The van der Waals surface area contributed by atoms with E-state index >= 15 is 0 Å². The Morgan fingerprint density at radius 1 is 1.42 bits per heavy atom. The zero-order chi connectivity index (χ0) is 14.9. The molecule has 0 aromatic heterocycles. The molecule has 0 bridgehead atoms. The first-order valence-electron chi connectivity index (χ1n) is 6.18. The van der Waals surface area contributed by atoms with E-state index in [1.807, 2.05) is 20.8 Å². The van der Waals surface area contributed by atoms with Gasteiger partial charge in [0.15, 0.2) is 0 Å². The third-order valence-corrected chi connectivity index (χ3v) is 2.12. The van der Waals surface area contributed by atoms with Gasteiger partial charge in [0.1, 0.15) is 0 Å². The Bertz CT molecular complexity index is 333. The first kappa shape index (κ1) is 17.8. The van der Waals surface area contributed by atoms with Crippen molar-refractivity contribution in [2.75, 3.05) is 19.8 Å². The lowest BCUT2D eigenvalue weighted by atomic mass is 10.1. The molecule has 0 aromatic rings. The minimum absolute atomic E-state index is 0.0165. The van der Waals surface area contributed by atoms with Crippen molar-refractivity contribution in [3.8, 4) is 0 Å². The molecule has 0 aromatic carbocycles. The molecule has 0 saturated heterocycles. The summed E-state index contributed by atoms with van der Waals surface area (Å²) in [6, 6.07) is -0.454. The van der Waals surface area contributed by atoms with Crippen LogP contribution in [0.1, 0.15) is 27.2 Å². The van der Waals surface area contributed by atoms with Gasteiger partial charge in [-0.25, -0.2) is 0 Å². The summed E-state index contributed by atoms with van der Waals surface area (Å²) in [7, 11) is 0. The normalized spacial score (nSPS) is 14.9. The van der Waals surface area contributed by atoms with Crippen LogP contribution in [0.2, 0.25) is 0 Å². The van der Waals surface area contributed by atoms with Crippen LogP contribution >= 0.6 is 0 Å². The molecule has 0 aliphatic carbocycles. The van der Waals surface area contributed by atoms with Crippen molar-refractivity contribution in [3.63, 3.8) is 0 Å². The van der Waals surface area contributed by atoms with E-state index in [9.17, 15) is 10.2 Å². The predicted octanol–water partition coefficient (Wildman–Crippen LogP) is 0.478. The molecule has 110 valence electrons. The second-order valence-corrected chi connectivity index (χ2v) is 5.20. The average molecular weight is 271 g/mol. The van der Waals surface area contributed by atoms with E-state index in [-0.39, 0.29) is 31.1 Å². The van der Waals surface area contributed by atoms with E-state index in [1.165, 1.54) is 6.21 Å². The van der Waals surface area contributed by atoms with Gasteiger partial charge in [-0.05, 0) is 26.3 Å². The second-order valence-electron chi connectivity index (χ2n) is 5.20. The van der Waals surface area contributed by atoms with E-state index < -0.39 is 6.04 Å². The second kappa shape index (κ2) is 8.79. The molecule has 1 atom stereocenters. The largest absolute Gasteiger partial charge is 0.394 e. The summed E-state index contributed by atoms with van der Waals surface area (Å²) in [5.41, 5.74) is 5.57. The topological polar surface area (TPSA) is 112 Å². The lowest BCUT2D eigenvalue weighted by Crippen LogP contribution is -2.22. The Labute approximate surface area is 114 Å². The molecule has 1 unspecified atom stereocenters. The highest BCUT2D eigenvalue weighted by atomic mass is 16.5. The lowest BCUT2D eigenvalue weighted by Gasteiger charge is -2.20. The maximum absolute atomic E-state index is 9.25. The van der Waals surface area contributed by atoms with Crippen LogP contribution < -0.4 is 5.73 Å². The molecular weight excluding hydrogens is 246 g/mol. The fourth-order valence-corrected chi connectivity index (χ4v) is 1.16. The molecule has 0 fully saturated rings. The Kier molecular flexibility index (Phi) is 8.22. The van der Waals surface area contributed by atoms with Crippen molar-refractivity contribution in [3.05, 3.63) is 11.6 Å². The predicted molar refractivity (Wildman–Crippen MR) is 76.8 cm³/mol. The molecule has 0 aliphatic rings. The van der Waals surface area contributed by atoms with Crippen LogP contribution in [-0.4, -0.2) is 53.7 Å². The Morgan fingerprint density at radius 2 is 2.05 bits per heavy atom. The summed E-state index contributed by atoms with van der Waals surface area (Å²) >= 11 is 0. The van der Waals surface area contributed by atoms with Gasteiger partial charge in [0.25, 0.3) is 0 Å². The Balaban J connectivity index is 4.53. The van der Waals surface area contributed by atoms with Crippen molar-refractivity contribution < 1.29 is 14.9 Å². The van der Waals surface area contributed by atoms with Gasteiger partial charge >= 0.3 is 0 Å². The summed E-state index contributed by atoms with van der Waals surface area (Å²) in [6.45, 7) is 5.75. The van der Waals surface area contributed by atoms with Gasteiger partial charge in [0.2, 0.25) is 0 Å². The van der Waals surface area contributed by atoms with Gasteiger partial charge in [0, 0.05) is 12.6 Å². The number of nitrogens with zero attached hydrogens (tertiary/aromatic N) is 1. The number of hydrogen-bond acceptors (Lipinski definition) is 5. The van der Waals surface area contributed by atoms with Crippen molar-refractivity contribution in [1.29, 1.82) is 5.41 Å². The minimum atomic E-state index is -0.454. The fourth-order valence-electron chi connectivity index (χ4n) is 1.16. The van der Waals surface area contributed by atoms with Crippen LogP contribution in [0.15, 0.2) is 16.6 Å². The number of aliphatic hydroxyl groups is 2. The van der Waals surface area contributed by atoms with Gasteiger partial charge < -0.3 is 20.7 Å². The number of amidine groups is 1. The minimum Gasteiger partial charge on any atom is -0.394 e. The molecular formula is C13H25N3O3. The molecule has 6 nitrogen and oxygen atoms in total. The zero-order valence-electron chi connectivity index (χ0n) is 11.9. The maximum Gasteiger partial charge on any atom is 0.0959 e. The Morgan fingerprint density at radius 3 is 2.47 bits per heavy atom. The third kappa shape index (κ3) is 10.4. The van der Waals surface area contributed by atoms with Crippen LogP contribution in [0, 0.1) is 5.41 Å². The van der Waals surface area contributed by atoms with E-state index in [4.69, 9.17) is 15.9 Å². The first-order chi connectivity index (χ1) is 8.78. The number of nitrogens with two attached hydrogens (primary N) is 1. The number of nitrogens with one attached hydrogen (secondary N) is 1. The van der Waals surface area contributed by atoms with E-state index in [0.717, 1.165) is 0 Å². The summed E-state index contributed by atoms with van der Waals surface area (Å²) in [5.74, 6) is 0.0165. The highest BCUT2D eigenvalue weighted by Gasteiger charge is 2.11. The van der Waals surface area contributed by atoms with Gasteiger partial charge in [0.05, 0.1) is 37.3 Å². The maximum atomic E-state index is 9.25. The molecule has 6 heteroatoms. The van der Waals surface area contributed by atoms with Crippen molar-refractivity contribution in [2.45, 2.75) is 38.8 Å². The highest BCUT2D eigenvalue weighted by Crippen LogP contribution is 2.10. The number of ether oxygens (including phenoxy) is 1. The van der Waals surface area contributed by atoms with Crippen molar-refractivity contribution >= 4 is 12.1 Å². The molecule has 0 saturated carbocycles. The molecule has 0 radical (unpaired) electrons. The molecule has 0 aliphatic heterocycles. The fraction of sp³-hybridized carbons (Fsp3) is 0.692. The van der Waals surface area contributed by atoms with Crippen LogP contribution in [0.4, 0.5) is 0 Å². The van der Waals surface area contributed by atoms with E-state index in [0.29, 0.717) is 12.2 Å². The monoisotopic (exact) mass is 271 g/mol. The van der Waals surface area contributed by atoms with Crippen LogP contribution in [0.25, 0.3) is 0 Å². The number of hydrogen-bond donors (Lipinski definition) is 4. The quantitative estimate of drug-likeness (QED) is 0.292.